The minimum Gasteiger partial charge on any atom is -0.507 e. The molecule has 3 rings (SSSR count). The fourth-order valence-electron chi connectivity index (χ4n) is 3.16. The van der Waals surface area contributed by atoms with Gasteiger partial charge in [0.25, 0.3) is 0 Å². The summed E-state index contributed by atoms with van der Waals surface area (Å²) in [7, 11) is 1.63. The number of ether oxygens (including phenoxy) is 2. The first-order chi connectivity index (χ1) is 14.6. The number of aromatic nitrogens is 3. The summed E-state index contributed by atoms with van der Waals surface area (Å²) in [6.45, 7) is 4.93. The van der Waals surface area contributed by atoms with E-state index in [1.165, 1.54) is 12.8 Å². The van der Waals surface area contributed by atoms with Crippen LogP contribution in [0.1, 0.15) is 39.5 Å². The third kappa shape index (κ3) is 5.47. The molecule has 3 aromatic rings. The first-order valence-electron chi connectivity index (χ1n) is 10.5. The molecule has 1 unspecified atom stereocenters. The van der Waals surface area contributed by atoms with Gasteiger partial charge in [-0.15, -0.1) is 0 Å². The van der Waals surface area contributed by atoms with Gasteiger partial charge >= 0.3 is 6.01 Å². The van der Waals surface area contributed by atoms with Crippen molar-refractivity contribution in [2.24, 2.45) is 5.92 Å². The molecule has 6 nitrogen and oxygen atoms in total. The van der Waals surface area contributed by atoms with Crippen molar-refractivity contribution in [3.8, 4) is 40.3 Å². The molecule has 0 aliphatic heterocycles. The molecule has 0 spiro atoms. The van der Waals surface area contributed by atoms with E-state index in [-0.39, 0.29) is 11.8 Å². The Morgan fingerprint density at radius 3 is 2.33 bits per heavy atom. The molecule has 1 aromatic heterocycles. The van der Waals surface area contributed by atoms with Crippen LogP contribution in [0.4, 0.5) is 0 Å². The van der Waals surface area contributed by atoms with Crippen LogP contribution in [0.2, 0.25) is 0 Å². The van der Waals surface area contributed by atoms with E-state index >= 15 is 0 Å². The number of unbranched alkanes of at least 4 members (excludes halogenated alkanes) is 1. The molecule has 0 saturated heterocycles. The Hall–Kier alpha value is -3.15. The number of hydrogen-bond acceptors (Lipinski definition) is 6. The zero-order valence-corrected chi connectivity index (χ0v) is 17.8. The average molecular weight is 408 g/mol. The predicted molar refractivity (Wildman–Crippen MR) is 118 cm³/mol. The molecule has 0 aliphatic carbocycles. The average Bonchev–Trinajstić information content (AvgIpc) is 2.79. The molecule has 0 fully saturated rings. The van der Waals surface area contributed by atoms with Gasteiger partial charge < -0.3 is 14.6 Å². The van der Waals surface area contributed by atoms with Crippen molar-refractivity contribution in [3.05, 3.63) is 48.5 Å². The van der Waals surface area contributed by atoms with E-state index in [4.69, 9.17) is 9.47 Å². The summed E-state index contributed by atoms with van der Waals surface area (Å²) in [6.07, 6.45) is 4.51. The van der Waals surface area contributed by atoms with Gasteiger partial charge in [-0.2, -0.15) is 9.97 Å². The minimum atomic E-state index is 0.115. The standard InChI is InChI=1S/C24H29N3O3/c1-4-6-9-17(5-2)16-30-24-26-22(18-12-14-19(29-3)15-13-18)25-23(27-24)20-10-7-8-11-21(20)28/h7-8,10-15,17,28H,4-6,9,16H2,1-3H3. The van der Waals surface area contributed by atoms with Crippen LogP contribution in [0.15, 0.2) is 48.5 Å². The lowest BCUT2D eigenvalue weighted by atomic mass is 10.0. The van der Waals surface area contributed by atoms with Crippen LogP contribution in [0.5, 0.6) is 17.5 Å². The van der Waals surface area contributed by atoms with Gasteiger partial charge in [0, 0.05) is 5.56 Å². The van der Waals surface area contributed by atoms with Gasteiger partial charge in [0.1, 0.15) is 11.5 Å². The summed E-state index contributed by atoms with van der Waals surface area (Å²) in [5.41, 5.74) is 1.36. The second-order valence-corrected chi connectivity index (χ2v) is 7.24. The molecule has 1 heterocycles. The zero-order chi connectivity index (χ0) is 21.3. The Morgan fingerprint density at radius 2 is 1.67 bits per heavy atom. The molecule has 0 saturated carbocycles. The van der Waals surface area contributed by atoms with E-state index in [9.17, 15) is 5.11 Å². The number of methoxy groups -OCH3 is 1. The maximum Gasteiger partial charge on any atom is 0.320 e. The largest absolute Gasteiger partial charge is 0.507 e. The van der Waals surface area contributed by atoms with Crippen molar-refractivity contribution in [1.82, 2.24) is 15.0 Å². The molecular weight excluding hydrogens is 378 g/mol. The van der Waals surface area contributed by atoms with Crippen molar-refractivity contribution in [3.63, 3.8) is 0 Å². The number of aromatic hydroxyl groups is 1. The zero-order valence-electron chi connectivity index (χ0n) is 17.8. The van der Waals surface area contributed by atoms with Crippen LogP contribution in [-0.4, -0.2) is 33.8 Å². The lowest BCUT2D eigenvalue weighted by molar-refractivity contribution is 0.217. The van der Waals surface area contributed by atoms with Crippen molar-refractivity contribution in [2.75, 3.05) is 13.7 Å². The van der Waals surface area contributed by atoms with Crippen LogP contribution in [0.25, 0.3) is 22.8 Å². The molecule has 0 bridgehead atoms. The van der Waals surface area contributed by atoms with Gasteiger partial charge in [-0.3, -0.25) is 0 Å². The van der Waals surface area contributed by atoms with E-state index in [0.717, 1.165) is 24.2 Å². The third-order valence-electron chi connectivity index (χ3n) is 5.10. The molecule has 0 amide bonds. The van der Waals surface area contributed by atoms with Gasteiger partial charge in [0.2, 0.25) is 0 Å². The summed E-state index contributed by atoms with van der Waals surface area (Å²) < 4.78 is 11.2. The molecule has 2 aromatic carbocycles. The highest BCUT2D eigenvalue weighted by Crippen LogP contribution is 2.29. The lowest BCUT2D eigenvalue weighted by Gasteiger charge is -2.15. The first kappa shape index (κ1) is 21.6. The summed E-state index contributed by atoms with van der Waals surface area (Å²) in [5, 5.41) is 10.3. The first-order valence-corrected chi connectivity index (χ1v) is 10.5. The molecule has 30 heavy (non-hydrogen) atoms. The normalized spacial score (nSPS) is 11.8. The van der Waals surface area contributed by atoms with Crippen LogP contribution in [-0.2, 0) is 0 Å². The van der Waals surface area contributed by atoms with E-state index in [0.29, 0.717) is 29.7 Å². The van der Waals surface area contributed by atoms with Crippen molar-refractivity contribution in [1.29, 1.82) is 0 Å². The maximum absolute atomic E-state index is 10.3. The number of rotatable bonds is 10. The molecule has 158 valence electrons. The van der Waals surface area contributed by atoms with E-state index in [1.807, 2.05) is 30.3 Å². The Labute approximate surface area is 178 Å². The highest BCUT2D eigenvalue weighted by Gasteiger charge is 2.15. The van der Waals surface area contributed by atoms with Crippen molar-refractivity contribution >= 4 is 0 Å². The molecular formula is C24H29N3O3. The summed E-state index contributed by atoms with van der Waals surface area (Å²) in [4.78, 5) is 13.6. The number of nitrogens with zero attached hydrogens (tertiary/aromatic N) is 3. The molecule has 6 heteroatoms. The SMILES string of the molecule is CCCCC(CC)COc1nc(-c2ccc(OC)cc2)nc(-c2ccccc2O)n1. The van der Waals surface area contributed by atoms with Gasteiger partial charge in [0.05, 0.1) is 19.3 Å². The lowest BCUT2D eigenvalue weighted by Crippen LogP contribution is -2.13. The minimum absolute atomic E-state index is 0.115. The fraction of sp³-hybridized carbons (Fsp3) is 0.375. The van der Waals surface area contributed by atoms with Gasteiger partial charge in [0.15, 0.2) is 11.6 Å². The topological polar surface area (TPSA) is 77.4 Å². The number of para-hydroxylation sites is 1. The van der Waals surface area contributed by atoms with Crippen LogP contribution in [0, 0.1) is 5.92 Å². The second-order valence-electron chi connectivity index (χ2n) is 7.24. The van der Waals surface area contributed by atoms with Crippen LogP contribution < -0.4 is 9.47 Å². The van der Waals surface area contributed by atoms with E-state index < -0.39 is 0 Å². The summed E-state index contributed by atoms with van der Waals surface area (Å²) >= 11 is 0. The molecule has 1 N–H and O–H groups in total. The number of benzene rings is 2. The Balaban J connectivity index is 1.94. The summed E-state index contributed by atoms with van der Waals surface area (Å²) in [6, 6.07) is 14.8. The van der Waals surface area contributed by atoms with Gasteiger partial charge in [-0.1, -0.05) is 45.2 Å². The second kappa shape index (κ2) is 10.6. The van der Waals surface area contributed by atoms with E-state index in [1.54, 1.807) is 25.3 Å². The number of hydrogen-bond donors (Lipinski definition) is 1. The van der Waals surface area contributed by atoms with Gasteiger partial charge in [-0.05, 0) is 48.7 Å². The third-order valence-corrected chi connectivity index (χ3v) is 5.10. The molecule has 0 radical (unpaired) electrons. The quantitative estimate of drug-likeness (QED) is 0.477. The molecule has 1 atom stereocenters. The highest BCUT2D eigenvalue weighted by molar-refractivity contribution is 5.66. The maximum atomic E-state index is 10.3. The predicted octanol–water partition coefficient (Wildman–Crippen LogP) is 5.52. The molecule has 0 aliphatic rings. The van der Waals surface area contributed by atoms with Crippen molar-refractivity contribution in [2.45, 2.75) is 39.5 Å². The summed E-state index contributed by atoms with van der Waals surface area (Å²) in [5.74, 6) is 2.20. The number of phenolic OH excluding ortho intramolecular Hbond substituents is 1. The highest BCUT2D eigenvalue weighted by atomic mass is 16.5. The van der Waals surface area contributed by atoms with Crippen LogP contribution >= 0.6 is 0 Å². The van der Waals surface area contributed by atoms with E-state index in [2.05, 4.69) is 28.8 Å². The Morgan fingerprint density at radius 1 is 0.933 bits per heavy atom. The van der Waals surface area contributed by atoms with Crippen molar-refractivity contribution < 1.29 is 14.6 Å². The monoisotopic (exact) mass is 407 g/mol. The van der Waals surface area contributed by atoms with Gasteiger partial charge in [-0.25, -0.2) is 4.98 Å². The fourth-order valence-corrected chi connectivity index (χ4v) is 3.16. The Bertz CT molecular complexity index is 945. The smallest absolute Gasteiger partial charge is 0.320 e. The number of phenols is 1. The Kier molecular flexibility index (Phi) is 7.60. The van der Waals surface area contributed by atoms with Crippen LogP contribution in [0.3, 0.4) is 0 Å².